The van der Waals surface area contributed by atoms with Crippen molar-refractivity contribution >= 4 is 0 Å². The first kappa shape index (κ1) is 10.9. The number of rotatable bonds is 3. The summed E-state index contributed by atoms with van der Waals surface area (Å²) in [4.78, 5) is 11.2. The Hall–Kier alpha value is -1.16. The molecule has 1 rings (SSSR count). The molecular weight excluding hydrogens is 185 g/mol. The Labute approximate surface area is 81.8 Å². The standard InChI is InChI=1S/C10H14FNO2/c1-7(6-13)3-8-4-10(14)12(2)5-9(8)11/h4-5,7,13H,3,6H2,1-2H3/t7-/m0/s1. The van der Waals surface area contributed by atoms with Crippen LogP contribution in [0.15, 0.2) is 17.1 Å². The number of aromatic nitrogens is 1. The van der Waals surface area contributed by atoms with Crippen molar-refractivity contribution < 1.29 is 9.50 Å². The largest absolute Gasteiger partial charge is 0.396 e. The van der Waals surface area contributed by atoms with Gasteiger partial charge in [-0.15, -0.1) is 0 Å². The minimum Gasteiger partial charge on any atom is -0.396 e. The Morgan fingerprint density at radius 1 is 1.64 bits per heavy atom. The van der Waals surface area contributed by atoms with Crippen molar-refractivity contribution in [3.05, 3.63) is 34.0 Å². The first-order valence-electron chi connectivity index (χ1n) is 4.50. The molecule has 1 atom stereocenters. The fraction of sp³-hybridized carbons (Fsp3) is 0.500. The van der Waals surface area contributed by atoms with Gasteiger partial charge in [-0.05, 0) is 17.9 Å². The van der Waals surface area contributed by atoms with Gasteiger partial charge in [0, 0.05) is 25.9 Å². The first-order chi connectivity index (χ1) is 6.54. The normalized spacial score (nSPS) is 12.9. The van der Waals surface area contributed by atoms with Gasteiger partial charge < -0.3 is 9.67 Å². The molecule has 0 aromatic carbocycles. The lowest BCUT2D eigenvalue weighted by Gasteiger charge is -2.09. The lowest BCUT2D eigenvalue weighted by molar-refractivity contribution is 0.236. The summed E-state index contributed by atoms with van der Waals surface area (Å²) in [7, 11) is 1.50. The molecule has 0 unspecified atom stereocenters. The van der Waals surface area contributed by atoms with Crippen LogP contribution in [0.5, 0.6) is 0 Å². The number of hydrogen-bond acceptors (Lipinski definition) is 2. The third-order valence-electron chi connectivity index (χ3n) is 2.14. The highest BCUT2D eigenvalue weighted by molar-refractivity contribution is 5.14. The summed E-state index contributed by atoms with van der Waals surface area (Å²) in [6, 6.07) is 1.28. The number of halogens is 1. The van der Waals surface area contributed by atoms with E-state index in [2.05, 4.69) is 0 Å². The fourth-order valence-corrected chi connectivity index (χ4v) is 1.23. The minimum atomic E-state index is -0.396. The molecule has 78 valence electrons. The molecule has 0 saturated carbocycles. The highest BCUT2D eigenvalue weighted by atomic mass is 19.1. The van der Waals surface area contributed by atoms with Crippen LogP contribution in [0.2, 0.25) is 0 Å². The summed E-state index contributed by atoms with van der Waals surface area (Å²) in [6.07, 6.45) is 1.56. The molecule has 4 heteroatoms. The Balaban J connectivity index is 2.98. The molecular formula is C10H14FNO2. The lowest BCUT2D eigenvalue weighted by Crippen LogP contribution is -2.18. The third-order valence-corrected chi connectivity index (χ3v) is 2.14. The summed E-state index contributed by atoms with van der Waals surface area (Å²) in [5, 5.41) is 8.81. The summed E-state index contributed by atoms with van der Waals surface area (Å²) in [5.74, 6) is -0.427. The third kappa shape index (κ3) is 2.42. The highest BCUT2D eigenvalue weighted by Crippen LogP contribution is 2.09. The number of aliphatic hydroxyl groups is 1. The average Bonchev–Trinajstić information content (AvgIpc) is 2.14. The number of hydrogen-bond donors (Lipinski definition) is 1. The van der Waals surface area contributed by atoms with E-state index < -0.39 is 5.82 Å². The Morgan fingerprint density at radius 2 is 2.29 bits per heavy atom. The molecule has 0 spiro atoms. The number of aryl methyl sites for hydroxylation is 1. The fourth-order valence-electron chi connectivity index (χ4n) is 1.23. The van der Waals surface area contributed by atoms with Crippen molar-refractivity contribution in [2.24, 2.45) is 13.0 Å². The zero-order valence-corrected chi connectivity index (χ0v) is 8.33. The molecule has 1 aromatic rings. The van der Waals surface area contributed by atoms with Gasteiger partial charge >= 0.3 is 0 Å². The smallest absolute Gasteiger partial charge is 0.250 e. The lowest BCUT2D eigenvalue weighted by atomic mass is 10.0. The Kier molecular flexibility index (Phi) is 3.41. The first-order valence-corrected chi connectivity index (χ1v) is 4.50. The summed E-state index contributed by atoms with van der Waals surface area (Å²) < 4.78 is 14.5. The van der Waals surface area contributed by atoms with Crippen LogP contribution in [0.1, 0.15) is 12.5 Å². The Morgan fingerprint density at radius 3 is 2.86 bits per heavy atom. The van der Waals surface area contributed by atoms with Gasteiger partial charge in [-0.3, -0.25) is 4.79 Å². The summed E-state index contributed by atoms with van der Waals surface area (Å²) >= 11 is 0. The highest BCUT2D eigenvalue weighted by Gasteiger charge is 2.08. The van der Waals surface area contributed by atoms with Crippen LogP contribution >= 0.6 is 0 Å². The number of nitrogens with zero attached hydrogens (tertiary/aromatic N) is 1. The second-order valence-electron chi connectivity index (χ2n) is 3.59. The van der Waals surface area contributed by atoms with Gasteiger partial charge in [0.05, 0.1) is 0 Å². The maximum atomic E-state index is 13.3. The number of pyridine rings is 1. The van der Waals surface area contributed by atoms with E-state index >= 15 is 0 Å². The van der Waals surface area contributed by atoms with Gasteiger partial charge in [-0.2, -0.15) is 0 Å². The molecule has 1 aromatic heterocycles. The molecule has 14 heavy (non-hydrogen) atoms. The van der Waals surface area contributed by atoms with E-state index in [-0.39, 0.29) is 18.1 Å². The quantitative estimate of drug-likeness (QED) is 0.778. The van der Waals surface area contributed by atoms with Crippen LogP contribution in [0.4, 0.5) is 4.39 Å². The Bertz CT molecular complexity index is 373. The summed E-state index contributed by atoms with van der Waals surface area (Å²) in [6.45, 7) is 1.80. The van der Waals surface area contributed by atoms with Gasteiger partial charge in [-0.1, -0.05) is 6.92 Å². The molecule has 0 amide bonds. The van der Waals surface area contributed by atoms with E-state index in [4.69, 9.17) is 5.11 Å². The van der Waals surface area contributed by atoms with E-state index in [9.17, 15) is 9.18 Å². The summed E-state index contributed by atoms with van der Waals surface area (Å²) in [5.41, 5.74) is 0.140. The molecule has 0 saturated heterocycles. The van der Waals surface area contributed by atoms with Crippen LogP contribution < -0.4 is 5.56 Å². The molecule has 0 radical (unpaired) electrons. The van der Waals surface area contributed by atoms with Gasteiger partial charge in [-0.25, -0.2) is 4.39 Å². The van der Waals surface area contributed by atoms with Crippen molar-refractivity contribution in [1.29, 1.82) is 0 Å². The van der Waals surface area contributed by atoms with Gasteiger partial charge in [0.15, 0.2) is 0 Å². The molecule has 0 aliphatic rings. The van der Waals surface area contributed by atoms with Crippen molar-refractivity contribution in [3.63, 3.8) is 0 Å². The predicted molar refractivity (Wildman–Crippen MR) is 51.6 cm³/mol. The van der Waals surface area contributed by atoms with E-state index in [0.29, 0.717) is 12.0 Å². The van der Waals surface area contributed by atoms with E-state index in [1.54, 1.807) is 6.92 Å². The SMILES string of the molecule is C[C@H](CO)Cc1cc(=O)n(C)cc1F. The van der Waals surface area contributed by atoms with Crippen molar-refractivity contribution in [2.75, 3.05) is 6.61 Å². The maximum Gasteiger partial charge on any atom is 0.250 e. The number of aliphatic hydroxyl groups excluding tert-OH is 1. The van der Waals surface area contributed by atoms with Crippen molar-refractivity contribution in [2.45, 2.75) is 13.3 Å². The second-order valence-corrected chi connectivity index (χ2v) is 3.59. The van der Waals surface area contributed by atoms with Gasteiger partial charge in [0.1, 0.15) is 5.82 Å². The van der Waals surface area contributed by atoms with Crippen LogP contribution in [-0.2, 0) is 13.5 Å². The van der Waals surface area contributed by atoms with Crippen LogP contribution in [0.3, 0.4) is 0 Å². The predicted octanol–water partition coefficient (Wildman–Crippen LogP) is 0.695. The monoisotopic (exact) mass is 199 g/mol. The zero-order chi connectivity index (χ0) is 10.7. The molecule has 3 nitrogen and oxygen atoms in total. The van der Waals surface area contributed by atoms with E-state index in [0.717, 1.165) is 0 Å². The molecule has 0 aliphatic carbocycles. The van der Waals surface area contributed by atoms with Gasteiger partial charge in [0.25, 0.3) is 5.56 Å². The average molecular weight is 199 g/mol. The van der Waals surface area contributed by atoms with Crippen LogP contribution in [-0.4, -0.2) is 16.3 Å². The van der Waals surface area contributed by atoms with Gasteiger partial charge in [0.2, 0.25) is 0 Å². The van der Waals surface area contributed by atoms with E-state index in [1.807, 2.05) is 0 Å². The molecule has 1 N–H and O–H groups in total. The van der Waals surface area contributed by atoms with E-state index in [1.165, 1.54) is 23.9 Å². The van der Waals surface area contributed by atoms with Crippen molar-refractivity contribution in [3.8, 4) is 0 Å². The van der Waals surface area contributed by atoms with Crippen LogP contribution in [0, 0.1) is 11.7 Å². The van der Waals surface area contributed by atoms with Crippen LogP contribution in [0.25, 0.3) is 0 Å². The molecule has 1 heterocycles. The maximum absolute atomic E-state index is 13.3. The minimum absolute atomic E-state index is 0.00531. The molecule has 0 bridgehead atoms. The zero-order valence-electron chi connectivity index (χ0n) is 8.33. The van der Waals surface area contributed by atoms with Crippen molar-refractivity contribution in [1.82, 2.24) is 4.57 Å². The second kappa shape index (κ2) is 4.37. The molecule has 0 aliphatic heterocycles. The molecule has 0 fully saturated rings. The topological polar surface area (TPSA) is 42.2 Å².